The number of pyridine rings is 1. The summed E-state index contributed by atoms with van der Waals surface area (Å²) in [6, 6.07) is 5.99. The Labute approximate surface area is 117 Å². The molecule has 0 atom stereocenters. The first-order valence-electron chi connectivity index (χ1n) is 5.14. The van der Waals surface area contributed by atoms with Crippen LogP contribution in [-0.4, -0.2) is 10.8 Å². The van der Waals surface area contributed by atoms with E-state index in [4.69, 9.17) is 11.6 Å². The van der Waals surface area contributed by atoms with E-state index >= 15 is 0 Å². The van der Waals surface area contributed by atoms with Crippen molar-refractivity contribution in [1.82, 2.24) is 4.98 Å². The molecule has 0 fully saturated rings. The van der Waals surface area contributed by atoms with Gasteiger partial charge < -0.3 is 0 Å². The predicted molar refractivity (Wildman–Crippen MR) is 71.4 cm³/mol. The molecule has 18 heavy (non-hydrogen) atoms. The van der Waals surface area contributed by atoms with Crippen LogP contribution in [0.25, 0.3) is 0 Å². The van der Waals surface area contributed by atoms with Crippen LogP contribution in [0.5, 0.6) is 0 Å². The van der Waals surface area contributed by atoms with Crippen LogP contribution in [-0.2, 0) is 6.42 Å². The number of halogens is 3. The van der Waals surface area contributed by atoms with Crippen molar-refractivity contribution in [2.75, 3.05) is 0 Å². The molecule has 5 heteroatoms. The van der Waals surface area contributed by atoms with Crippen molar-refractivity contribution in [1.29, 1.82) is 0 Å². The molecule has 0 amide bonds. The van der Waals surface area contributed by atoms with Gasteiger partial charge in [0.1, 0.15) is 5.82 Å². The summed E-state index contributed by atoms with van der Waals surface area (Å²) in [6.45, 7) is 0. The largest absolute Gasteiger partial charge is 0.294 e. The van der Waals surface area contributed by atoms with Gasteiger partial charge >= 0.3 is 0 Å². The highest BCUT2D eigenvalue weighted by Gasteiger charge is 2.14. The lowest BCUT2D eigenvalue weighted by molar-refractivity contribution is 0.0992. The minimum Gasteiger partial charge on any atom is -0.294 e. The standard InChI is InChI=1S/C13H8BrClFNO/c14-9-4-8(6-17-7-9)5-12(18)10-2-1-3-11(16)13(10)15/h1-4,6-7H,5H2. The van der Waals surface area contributed by atoms with Gasteiger partial charge in [0, 0.05) is 28.9 Å². The Hall–Kier alpha value is -1.26. The van der Waals surface area contributed by atoms with Gasteiger partial charge in [0.2, 0.25) is 0 Å². The Morgan fingerprint density at radius 3 is 2.89 bits per heavy atom. The summed E-state index contributed by atoms with van der Waals surface area (Å²) in [5, 5.41) is -0.134. The smallest absolute Gasteiger partial charge is 0.168 e. The summed E-state index contributed by atoms with van der Waals surface area (Å²) in [5.74, 6) is -0.825. The summed E-state index contributed by atoms with van der Waals surface area (Å²) >= 11 is 9.04. The van der Waals surface area contributed by atoms with Crippen molar-refractivity contribution >= 4 is 33.3 Å². The number of Topliss-reactive ketones (excluding diaryl/α,β-unsaturated/α-hetero) is 1. The second kappa shape index (κ2) is 5.59. The number of ketones is 1. The van der Waals surface area contributed by atoms with Gasteiger partial charge in [-0.05, 0) is 39.7 Å². The van der Waals surface area contributed by atoms with Crippen LogP contribution in [0.1, 0.15) is 15.9 Å². The zero-order chi connectivity index (χ0) is 13.1. The first kappa shape index (κ1) is 13.2. The molecular weight excluding hydrogens is 321 g/mol. The average Bonchev–Trinajstić information content (AvgIpc) is 2.32. The quantitative estimate of drug-likeness (QED) is 0.795. The third-order valence-electron chi connectivity index (χ3n) is 2.38. The summed E-state index contributed by atoms with van der Waals surface area (Å²) < 4.78 is 14.0. The lowest BCUT2D eigenvalue weighted by atomic mass is 10.0. The molecule has 2 rings (SSSR count). The predicted octanol–water partition coefficient (Wildman–Crippen LogP) is 4.06. The SMILES string of the molecule is O=C(Cc1cncc(Br)c1)c1cccc(F)c1Cl. The maximum atomic E-state index is 13.2. The highest BCUT2D eigenvalue weighted by molar-refractivity contribution is 9.10. The van der Waals surface area contributed by atoms with E-state index in [0.717, 1.165) is 10.0 Å². The zero-order valence-electron chi connectivity index (χ0n) is 9.16. The average molecular weight is 329 g/mol. The molecule has 0 radical (unpaired) electrons. The van der Waals surface area contributed by atoms with Gasteiger partial charge in [-0.25, -0.2) is 4.39 Å². The van der Waals surface area contributed by atoms with Gasteiger partial charge in [-0.3, -0.25) is 9.78 Å². The highest BCUT2D eigenvalue weighted by atomic mass is 79.9. The Balaban J connectivity index is 2.25. The molecule has 0 aliphatic carbocycles. The lowest BCUT2D eigenvalue weighted by Gasteiger charge is -2.04. The van der Waals surface area contributed by atoms with Crippen LogP contribution < -0.4 is 0 Å². The Morgan fingerprint density at radius 1 is 1.39 bits per heavy atom. The van der Waals surface area contributed by atoms with Gasteiger partial charge in [-0.1, -0.05) is 17.7 Å². The van der Waals surface area contributed by atoms with Gasteiger partial charge in [0.15, 0.2) is 5.78 Å². The second-order valence-corrected chi connectivity index (χ2v) is 5.01. The molecule has 0 bridgehead atoms. The van der Waals surface area contributed by atoms with Crippen molar-refractivity contribution in [3.05, 3.63) is 63.1 Å². The molecule has 2 nitrogen and oxygen atoms in total. The van der Waals surface area contributed by atoms with E-state index in [1.165, 1.54) is 18.2 Å². The van der Waals surface area contributed by atoms with E-state index < -0.39 is 5.82 Å². The monoisotopic (exact) mass is 327 g/mol. The van der Waals surface area contributed by atoms with Crippen molar-refractivity contribution in [2.45, 2.75) is 6.42 Å². The van der Waals surface area contributed by atoms with Gasteiger partial charge in [-0.15, -0.1) is 0 Å². The number of aromatic nitrogens is 1. The molecule has 92 valence electrons. The molecule has 0 spiro atoms. The number of nitrogens with zero attached hydrogens (tertiary/aromatic N) is 1. The van der Waals surface area contributed by atoms with E-state index in [9.17, 15) is 9.18 Å². The molecule has 0 saturated heterocycles. The van der Waals surface area contributed by atoms with Crippen molar-refractivity contribution < 1.29 is 9.18 Å². The van der Waals surface area contributed by atoms with Crippen molar-refractivity contribution in [3.63, 3.8) is 0 Å². The fourth-order valence-corrected chi connectivity index (χ4v) is 2.20. The fourth-order valence-electron chi connectivity index (χ4n) is 1.55. The number of carbonyl (C=O) groups excluding carboxylic acids is 1. The first-order valence-corrected chi connectivity index (χ1v) is 6.31. The van der Waals surface area contributed by atoms with Crippen molar-refractivity contribution in [3.8, 4) is 0 Å². The van der Waals surface area contributed by atoms with Crippen LogP contribution in [0, 0.1) is 5.82 Å². The van der Waals surface area contributed by atoms with Crippen LogP contribution in [0.3, 0.4) is 0 Å². The van der Waals surface area contributed by atoms with E-state index in [1.54, 1.807) is 18.5 Å². The van der Waals surface area contributed by atoms with Gasteiger partial charge in [0.25, 0.3) is 0 Å². The first-order chi connectivity index (χ1) is 8.58. The number of benzene rings is 1. The molecule has 1 aromatic heterocycles. The molecule has 1 heterocycles. The zero-order valence-corrected chi connectivity index (χ0v) is 11.5. The Bertz CT molecular complexity index is 603. The van der Waals surface area contributed by atoms with Crippen LogP contribution in [0.2, 0.25) is 5.02 Å². The highest BCUT2D eigenvalue weighted by Crippen LogP contribution is 2.21. The van der Waals surface area contributed by atoms with Gasteiger partial charge in [0.05, 0.1) is 5.02 Å². The lowest BCUT2D eigenvalue weighted by Crippen LogP contribution is -2.05. The summed E-state index contributed by atoms with van der Waals surface area (Å²) in [6.07, 6.45) is 3.36. The third kappa shape index (κ3) is 2.94. The van der Waals surface area contributed by atoms with Crippen LogP contribution in [0.15, 0.2) is 41.1 Å². The van der Waals surface area contributed by atoms with E-state index in [-0.39, 0.29) is 22.8 Å². The molecule has 0 aliphatic rings. The Kier molecular flexibility index (Phi) is 4.09. The maximum absolute atomic E-state index is 13.2. The van der Waals surface area contributed by atoms with Crippen molar-refractivity contribution in [2.24, 2.45) is 0 Å². The Morgan fingerprint density at radius 2 is 2.17 bits per heavy atom. The van der Waals surface area contributed by atoms with E-state index in [2.05, 4.69) is 20.9 Å². The molecule has 0 aliphatic heterocycles. The second-order valence-electron chi connectivity index (χ2n) is 3.71. The molecule has 0 N–H and O–H groups in total. The third-order valence-corrected chi connectivity index (χ3v) is 3.20. The molecule has 0 unspecified atom stereocenters. The van der Waals surface area contributed by atoms with E-state index in [1.807, 2.05) is 0 Å². The maximum Gasteiger partial charge on any atom is 0.168 e. The van der Waals surface area contributed by atoms with E-state index in [0.29, 0.717) is 0 Å². The van der Waals surface area contributed by atoms with Crippen LogP contribution in [0.4, 0.5) is 4.39 Å². The minimum absolute atomic E-state index is 0.134. The number of hydrogen-bond donors (Lipinski definition) is 0. The number of hydrogen-bond acceptors (Lipinski definition) is 2. The fraction of sp³-hybridized carbons (Fsp3) is 0.0769. The molecule has 1 aromatic carbocycles. The summed E-state index contributed by atoms with van der Waals surface area (Å²) in [5.41, 5.74) is 0.936. The summed E-state index contributed by atoms with van der Waals surface area (Å²) in [7, 11) is 0. The molecule has 2 aromatic rings. The molecular formula is C13H8BrClFNO. The minimum atomic E-state index is -0.588. The number of rotatable bonds is 3. The molecule has 0 saturated carbocycles. The van der Waals surface area contributed by atoms with Gasteiger partial charge in [-0.2, -0.15) is 0 Å². The normalized spacial score (nSPS) is 10.4. The van der Waals surface area contributed by atoms with Crippen LogP contribution >= 0.6 is 27.5 Å². The summed E-state index contributed by atoms with van der Waals surface area (Å²) in [4.78, 5) is 16.0. The number of carbonyl (C=O) groups is 1. The topological polar surface area (TPSA) is 30.0 Å².